The molecule has 126 valence electrons. The topological polar surface area (TPSA) is 49.4 Å². The van der Waals surface area contributed by atoms with Crippen molar-refractivity contribution in [3.05, 3.63) is 50.6 Å². The Hall–Kier alpha value is -1.56. The van der Waals surface area contributed by atoms with Crippen LogP contribution in [0.1, 0.15) is 29.6 Å². The Labute approximate surface area is 154 Å². The van der Waals surface area contributed by atoms with Crippen LogP contribution < -0.4 is 5.32 Å². The Bertz CT molecular complexity index is 749. The van der Waals surface area contributed by atoms with Gasteiger partial charge in [-0.05, 0) is 48.9 Å². The number of halogens is 2. The van der Waals surface area contributed by atoms with Gasteiger partial charge in [0.05, 0.1) is 16.3 Å². The molecule has 1 aromatic carbocycles. The largest absolute Gasteiger partial charge is 0.327 e. The van der Waals surface area contributed by atoms with Crippen LogP contribution in [0.4, 0.5) is 5.69 Å². The number of hydrogen-bond donors (Lipinski definition) is 1. The lowest BCUT2D eigenvalue weighted by molar-refractivity contribution is -0.121. The Morgan fingerprint density at radius 2 is 2.04 bits per heavy atom. The van der Waals surface area contributed by atoms with E-state index < -0.39 is 6.04 Å². The van der Waals surface area contributed by atoms with Gasteiger partial charge in [-0.2, -0.15) is 11.3 Å². The van der Waals surface area contributed by atoms with Crippen LogP contribution in [-0.2, 0) is 4.79 Å². The van der Waals surface area contributed by atoms with Gasteiger partial charge in [0.2, 0.25) is 5.91 Å². The zero-order chi connectivity index (χ0) is 17.1. The first kappa shape index (κ1) is 17.3. The second-order valence-electron chi connectivity index (χ2n) is 5.64. The number of carbonyl (C=O) groups excluding carboxylic acids is 2. The standard InChI is InChI=1S/C17H16Cl2N2O2S/c18-12-4-5-14(13(19)9-12)20-16(22)15-3-1-2-7-21(15)17(23)11-6-8-24-10-11/h4-6,8-10,15H,1-3,7H2,(H,20,22)/t15-/m1/s1. The molecule has 1 saturated heterocycles. The first-order chi connectivity index (χ1) is 11.6. The lowest BCUT2D eigenvalue weighted by Crippen LogP contribution is -2.49. The number of thiophene rings is 1. The van der Waals surface area contributed by atoms with Gasteiger partial charge in [-0.15, -0.1) is 0 Å². The minimum atomic E-state index is -0.488. The molecule has 2 aromatic rings. The molecule has 1 fully saturated rings. The zero-order valence-electron chi connectivity index (χ0n) is 12.8. The number of amides is 2. The Kier molecular flexibility index (Phi) is 5.43. The van der Waals surface area contributed by atoms with Crippen LogP contribution in [0.5, 0.6) is 0 Å². The minimum absolute atomic E-state index is 0.0988. The summed E-state index contributed by atoms with van der Waals surface area (Å²) in [4.78, 5) is 27.0. The van der Waals surface area contributed by atoms with Crippen LogP contribution in [0.2, 0.25) is 10.0 Å². The highest BCUT2D eigenvalue weighted by atomic mass is 35.5. The molecule has 1 aliphatic rings. The summed E-state index contributed by atoms with van der Waals surface area (Å²) in [7, 11) is 0. The summed E-state index contributed by atoms with van der Waals surface area (Å²) in [5.41, 5.74) is 1.13. The van der Waals surface area contributed by atoms with Crippen molar-refractivity contribution in [2.45, 2.75) is 25.3 Å². The quantitative estimate of drug-likeness (QED) is 0.836. The highest BCUT2D eigenvalue weighted by molar-refractivity contribution is 7.08. The van der Waals surface area contributed by atoms with E-state index in [0.717, 1.165) is 12.8 Å². The van der Waals surface area contributed by atoms with Crippen LogP contribution in [0.3, 0.4) is 0 Å². The van der Waals surface area contributed by atoms with Crippen LogP contribution in [0.25, 0.3) is 0 Å². The van der Waals surface area contributed by atoms with Crippen molar-refractivity contribution in [2.24, 2.45) is 0 Å². The average molecular weight is 383 g/mol. The fraction of sp³-hybridized carbons (Fsp3) is 0.294. The minimum Gasteiger partial charge on any atom is -0.327 e. The Balaban J connectivity index is 1.77. The lowest BCUT2D eigenvalue weighted by Gasteiger charge is -2.34. The monoisotopic (exact) mass is 382 g/mol. The number of nitrogens with one attached hydrogen (secondary N) is 1. The SMILES string of the molecule is O=C(Nc1ccc(Cl)cc1Cl)[C@H]1CCCCN1C(=O)c1ccsc1. The fourth-order valence-corrected chi connectivity index (χ4v) is 3.89. The van der Waals surface area contributed by atoms with E-state index in [1.807, 2.05) is 10.8 Å². The molecule has 0 aliphatic carbocycles. The van der Waals surface area contributed by atoms with Gasteiger partial charge < -0.3 is 10.2 Å². The van der Waals surface area contributed by atoms with E-state index >= 15 is 0 Å². The average Bonchev–Trinajstić information content (AvgIpc) is 3.11. The number of hydrogen-bond acceptors (Lipinski definition) is 3. The summed E-state index contributed by atoms with van der Waals surface area (Å²) in [6, 6.07) is 6.20. The molecular weight excluding hydrogens is 367 g/mol. The van der Waals surface area contributed by atoms with Crippen molar-refractivity contribution < 1.29 is 9.59 Å². The van der Waals surface area contributed by atoms with E-state index in [-0.39, 0.29) is 11.8 Å². The molecule has 1 atom stereocenters. The number of likely N-dealkylation sites (tertiary alicyclic amines) is 1. The summed E-state index contributed by atoms with van der Waals surface area (Å²) in [6.45, 7) is 0.584. The third-order valence-electron chi connectivity index (χ3n) is 4.02. The summed E-state index contributed by atoms with van der Waals surface area (Å²) in [5.74, 6) is -0.319. The Morgan fingerprint density at radius 1 is 1.21 bits per heavy atom. The van der Waals surface area contributed by atoms with Crippen LogP contribution in [0, 0.1) is 0 Å². The van der Waals surface area contributed by atoms with Crippen molar-refractivity contribution in [1.82, 2.24) is 4.90 Å². The smallest absolute Gasteiger partial charge is 0.255 e. The number of rotatable bonds is 3. The van der Waals surface area contributed by atoms with Crippen molar-refractivity contribution in [1.29, 1.82) is 0 Å². The maximum Gasteiger partial charge on any atom is 0.255 e. The predicted molar refractivity (Wildman–Crippen MR) is 98.1 cm³/mol. The summed E-state index contributed by atoms with van der Waals surface area (Å²) in [5, 5.41) is 7.37. The van der Waals surface area contributed by atoms with Gasteiger partial charge in [0, 0.05) is 16.9 Å². The molecule has 2 heterocycles. The number of nitrogens with zero attached hydrogens (tertiary/aromatic N) is 1. The van der Waals surface area contributed by atoms with Crippen molar-refractivity contribution in [3.63, 3.8) is 0 Å². The van der Waals surface area contributed by atoms with Gasteiger partial charge in [-0.3, -0.25) is 9.59 Å². The lowest BCUT2D eigenvalue weighted by atomic mass is 10.0. The molecule has 1 N–H and O–H groups in total. The van der Waals surface area contributed by atoms with E-state index in [0.29, 0.717) is 34.3 Å². The summed E-state index contributed by atoms with van der Waals surface area (Å²) >= 11 is 13.5. The molecule has 0 bridgehead atoms. The van der Waals surface area contributed by atoms with Gasteiger partial charge in [-0.25, -0.2) is 0 Å². The molecule has 2 amide bonds. The van der Waals surface area contributed by atoms with Crippen molar-refractivity contribution >= 4 is 52.0 Å². The number of piperidine rings is 1. The maximum absolute atomic E-state index is 12.7. The first-order valence-electron chi connectivity index (χ1n) is 7.65. The highest BCUT2D eigenvalue weighted by Crippen LogP contribution is 2.27. The number of anilines is 1. The fourth-order valence-electron chi connectivity index (χ4n) is 2.81. The molecule has 0 unspecified atom stereocenters. The molecule has 0 spiro atoms. The van der Waals surface area contributed by atoms with E-state index in [1.165, 1.54) is 11.3 Å². The van der Waals surface area contributed by atoms with Gasteiger partial charge in [0.1, 0.15) is 6.04 Å². The Morgan fingerprint density at radius 3 is 2.75 bits per heavy atom. The van der Waals surface area contributed by atoms with E-state index in [2.05, 4.69) is 5.32 Å². The third kappa shape index (κ3) is 3.74. The highest BCUT2D eigenvalue weighted by Gasteiger charge is 2.33. The van der Waals surface area contributed by atoms with Crippen molar-refractivity contribution in [2.75, 3.05) is 11.9 Å². The van der Waals surface area contributed by atoms with Crippen LogP contribution in [0.15, 0.2) is 35.0 Å². The van der Waals surface area contributed by atoms with E-state index in [1.54, 1.807) is 29.2 Å². The normalized spacial score (nSPS) is 17.6. The van der Waals surface area contributed by atoms with Gasteiger partial charge in [-0.1, -0.05) is 23.2 Å². The maximum atomic E-state index is 12.7. The van der Waals surface area contributed by atoms with Gasteiger partial charge in [0.15, 0.2) is 0 Å². The summed E-state index contributed by atoms with van der Waals surface area (Å²) < 4.78 is 0. The molecule has 24 heavy (non-hydrogen) atoms. The first-order valence-corrected chi connectivity index (χ1v) is 9.35. The van der Waals surface area contributed by atoms with Crippen molar-refractivity contribution in [3.8, 4) is 0 Å². The molecule has 1 aliphatic heterocycles. The summed E-state index contributed by atoms with van der Waals surface area (Å²) in [6.07, 6.45) is 2.47. The van der Waals surface area contributed by atoms with Gasteiger partial charge >= 0.3 is 0 Å². The number of carbonyl (C=O) groups is 2. The van der Waals surface area contributed by atoms with Crippen LogP contribution >= 0.6 is 34.5 Å². The predicted octanol–water partition coefficient (Wildman–Crippen LogP) is 4.69. The molecular formula is C17H16Cl2N2O2S. The molecule has 7 heteroatoms. The molecule has 3 rings (SSSR count). The molecule has 0 radical (unpaired) electrons. The van der Waals surface area contributed by atoms with Crippen LogP contribution in [-0.4, -0.2) is 29.3 Å². The molecule has 1 aromatic heterocycles. The third-order valence-corrected chi connectivity index (χ3v) is 5.25. The zero-order valence-corrected chi connectivity index (χ0v) is 15.1. The molecule has 4 nitrogen and oxygen atoms in total. The van der Waals surface area contributed by atoms with E-state index in [4.69, 9.17) is 23.2 Å². The number of benzene rings is 1. The second kappa shape index (κ2) is 7.55. The van der Waals surface area contributed by atoms with Gasteiger partial charge in [0.25, 0.3) is 5.91 Å². The second-order valence-corrected chi connectivity index (χ2v) is 7.26. The van der Waals surface area contributed by atoms with E-state index in [9.17, 15) is 9.59 Å². The molecule has 0 saturated carbocycles.